The van der Waals surface area contributed by atoms with Gasteiger partial charge in [0.1, 0.15) is 0 Å². The second kappa shape index (κ2) is 6.82. The largest absolute Gasteiger partial charge is 0.481 e. The summed E-state index contributed by atoms with van der Waals surface area (Å²) in [4.78, 5) is 28.1. The third-order valence-corrected chi connectivity index (χ3v) is 6.75. The van der Waals surface area contributed by atoms with E-state index in [9.17, 15) is 18.0 Å². The maximum absolute atomic E-state index is 11.8. The number of aliphatic carboxylic acids is 1. The number of fused-ring (bicyclic) bond motifs is 1. The Balaban J connectivity index is 2.04. The zero-order chi connectivity index (χ0) is 16.3. The molecular weight excluding hydrogens is 328 g/mol. The van der Waals surface area contributed by atoms with Gasteiger partial charge >= 0.3 is 5.97 Å². The van der Waals surface area contributed by atoms with E-state index in [2.05, 4.69) is 11.6 Å². The van der Waals surface area contributed by atoms with E-state index >= 15 is 0 Å². The molecule has 0 saturated carbocycles. The summed E-state index contributed by atoms with van der Waals surface area (Å²) in [5.41, 5.74) is 0. The second-order valence-corrected chi connectivity index (χ2v) is 8.64. The van der Waals surface area contributed by atoms with Crippen LogP contribution in [0, 0.1) is 0 Å². The van der Waals surface area contributed by atoms with Crippen LogP contribution < -0.4 is 0 Å². The third-order valence-electron chi connectivity index (χ3n) is 3.50. The molecule has 122 valence electrons. The quantitative estimate of drug-likeness (QED) is 0.699. The maximum atomic E-state index is 11.8. The number of aliphatic imine (C=N–C) groups is 1. The van der Waals surface area contributed by atoms with E-state index in [1.165, 1.54) is 11.8 Å². The first-order valence-electron chi connectivity index (χ1n) is 6.90. The van der Waals surface area contributed by atoms with Gasteiger partial charge in [-0.15, -0.1) is 6.58 Å². The summed E-state index contributed by atoms with van der Waals surface area (Å²) in [6.07, 6.45) is 1.91. The molecule has 2 aliphatic heterocycles. The summed E-state index contributed by atoms with van der Waals surface area (Å²) in [7, 11) is -3.03. The zero-order valence-electron chi connectivity index (χ0n) is 12.0. The van der Waals surface area contributed by atoms with E-state index in [4.69, 9.17) is 5.11 Å². The van der Waals surface area contributed by atoms with Gasteiger partial charge in [0.05, 0.1) is 17.5 Å². The number of carbonyl (C=O) groups is 2. The Morgan fingerprint density at radius 1 is 1.41 bits per heavy atom. The van der Waals surface area contributed by atoms with Crippen LogP contribution in [0.1, 0.15) is 19.3 Å². The molecule has 0 spiro atoms. The van der Waals surface area contributed by atoms with Gasteiger partial charge in [-0.25, -0.2) is 8.42 Å². The highest BCUT2D eigenvalue weighted by molar-refractivity contribution is 8.15. The summed E-state index contributed by atoms with van der Waals surface area (Å²) in [6.45, 7) is 4.09. The van der Waals surface area contributed by atoms with Crippen molar-refractivity contribution in [3.8, 4) is 0 Å². The number of nitrogens with zero attached hydrogens (tertiary/aromatic N) is 2. The molecule has 0 radical (unpaired) electrons. The van der Waals surface area contributed by atoms with Crippen molar-refractivity contribution in [3.63, 3.8) is 0 Å². The monoisotopic (exact) mass is 346 g/mol. The van der Waals surface area contributed by atoms with Crippen LogP contribution in [0.2, 0.25) is 0 Å². The van der Waals surface area contributed by atoms with Gasteiger partial charge in [-0.2, -0.15) is 4.99 Å². The lowest BCUT2D eigenvalue weighted by Gasteiger charge is -2.22. The summed E-state index contributed by atoms with van der Waals surface area (Å²) < 4.78 is 23.4. The fourth-order valence-corrected chi connectivity index (χ4v) is 6.52. The van der Waals surface area contributed by atoms with Gasteiger partial charge in [0.2, 0.25) is 5.91 Å². The van der Waals surface area contributed by atoms with Gasteiger partial charge in [0, 0.05) is 24.6 Å². The number of amidine groups is 1. The van der Waals surface area contributed by atoms with Gasteiger partial charge in [0.15, 0.2) is 15.0 Å². The minimum absolute atomic E-state index is 0.0659. The molecule has 22 heavy (non-hydrogen) atoms. The second-order valence-electron chi connectivity index (χ2n) is 5.28. The van der Waals surface area contributed by atoms with Crippen LogP contribution in [-0.4, -0.2) is 64.8 Å². The first kappa shape index (κ1) is 17.0. The number of hydrogen-bond donors (Lipinski definition) is 1. The van der Waals surface area contributed by atoms with Crippen molar-refractivity contribution < 1.29 is 23.1 Å². The van der Waals surface area contributed by atoms with E-state index in [1.54, 1.807) is 6.08 Å². The molecule has 9 heteroatoms. The van der Waals surface area contributed by atoms with E-state index < -0.39 is 15.8 Å². The number of thioether (sulfide) groups is 1. The average molecular weight is 346 g/mol. The number of sulfone groups is 1. The molecule has 1 N–H and O–H groups in total. The van der Waals surface area contributed by atoms with Gasteiger partial charge in [0.25, 0.3) is 0 Å². The number of amides is 1. The SMILES string of the molecule is C=CCN1C(=NC(=O)CCCC(=O)O)SC2CS(=O)(=O)CC21. The van der Waals surface area contributed by atoms with Gasteiger partial charge in [-0.05, 0) is 6.42 Å². The van der Waals surface area contributed by atoms with E-state index in [-0.39, 0.29) is 48.0 Å². The van der Waals surface area contributed by atoms with E-state index in [0.717, 1.165) is 0 Å². The Morgan fingerprint density at radius 3 is 2.77 bits per heavy atom. The Kier molecular flexibility index (Phi) is 5.28. The minimum atomic E-state index is -3.03. The van der Waals surface area contributed by atoms with Crippen molar-refractivity contribution in [1.82, 2.24) is 4.90 Å². The lowest BCUT2D eigenvalue weighted by Crippen LogP contribution is -2.37. The Labute approximate surface area is 133 Å². The number of carboxylic acid groups (broad SMARTS) is 1. The highest BCUT2D eigenvalue weighted by atomic mass is 32.2. The van der Waals surface area contributed by atoms with Crippen molar-refractivity contribution >= 4 is 38.6 Å². The number of rotatable bonds is 6. The first-order valence-corrected chi connectivity index (χ1v) is 9.60. The molecule has 2 saturated heterocycles. The molecule has 2 rings (SSSR count). The highest BCUT2D eigenvalue weighted by Crippen LogP contribution is 2.38. The van der Waals surface area contributed by atoms with Crippen LogP contribution in [0.25, 0.3) is 0 Å². The van der Waals surface area contributed by atoms with Crippen molar-refractivity contribution in [1.29, 1.82) is 0 Å². The Bertz CT molecular complexity index is 614. The smallest absolute Gasteiger partial charge is 0.303 e. The summed E-state index contributed by atoms with van der Waals surface area (Å²) >= 11 is 1.31. The standard InChI is InChI=1S/C13H18N2O5S2/c1-2-6-15-9-7-22(19,20)8-10(9)21-13(15)14-11(16)4-3-5-12(17)18/h2,9-10H,1,3-8H2,(H,17,18). The molecule has 0 aromatic carbocycles. The highest BCUT2D eigenvalue weighted by Gasteiger charge is 2.48. The molecule has 0 aliphatic carbocycles. The van der Waals surface area contributed by atoms with Crippen LogP contribution in [-0.2, 0) is 19.4 Å². The summed E-state index contributed by atoms with van der Waals surface area (Å²) in [5.74, 6) is -1.14. The van der Waals surface area contributed by atoms with Crippen molar-refractivity contribution in [2.24, 2.45) is 4.99 Å². The lowest BCUT2D eigenvalue weighted by molar-refractivity contribution is -0.137. The number of hydrogen-bond acceptors (Lipinski definition) is 5. The number of carbonyl (C=O) groups excluding carboxylic acids is 1. The van der Waals surface area contributed by atoms with Crippen LogP contribution >= 0.6 is 11.8 Å². The van der Waals surface area contributed by atoms with Crippen molar-refractivity contribution in [2.45, 2.75) is 30.6 Å². The molecular formula is C13H18N2O5S2. The van der Waals surface area contributed by atoms with Crippen molar-refractivity contribution in [3.05, 3.63) is 12.7 Å². The average Bonchev–Trinajstić information content (AvgIpc) is 2.83. The topological polar surface area (TPSA) is 104 Å². The minimum Gasteiger partial charge on any atom is -0.481 e. The van der Waals surface area contributed by atoms with Crippen LogP contribution in [0.3, 0.4) is 0 Å². The summed E-state index contributed by atoms with van der Waals surface area (Å²) in [5, 5.41) is 8.97. The zero-order valence-corrected chi connectivity index (χ0v) is 13.6. The molecule has 2 aliphatic rings. The Hall–Kier alpha value is -1.35. The summed E-state index contributed by atoms with van der Waals surface area (Å²) in [6, 6.07) is -0.168. The van der Waals surface area contributed by atoms with Crippen molar-refractivity contribution in [2.75, 3.05) is 18.1 Å². The molecule has 0 aromatic heterocycles. The fraction of sp³-hybridized carbons (Fsp3) is 0.615. The Morgan fingerprint density at radius 2 is 2.14 bits per heavy atom. The molecule has 1 amide bonds. The first-order chi connectivity index (χ1) is 10.3. The maximum Gasteiger partial charge on any atom is 0.303 e. The van der Waals surface area contributed by atoms with Gasteiger partial charge in [-0.3, -0.25) is 9.59 Å². The fourth-order valence-electron chi connectivity index (χ4n) is 2.54. The molecule has 0 aromatic rings. The van der Waals surface area contributed by atoms with Crippen LogP contribution in [0.4, 0.5) is 0 Å². The molecule has 2 fully saturated rings. The van der Waals surface area contributed by atoms with E-state index in [0.29, 0.717) is 11.7 Å². The molecule has 2 heterocycles. The predicted molar refractivity (Wildman–Crippen MR) is 84.7 cm³/mol. The van der Waals surface area contributed by atoms with Gasteiger partial charge < -0.3 is 10.0 Å². The van der Waals surface area contributed by atoms with Gasteiger partial charge in [-0.1, -0.05) is 17.8 Å². The molecule has 2 atom stereocenters. The predicted octanol–water partition coefficient (Wildman–Crippen LogP) is 0.524. The molecule has 0 bridgehead atoms. The van der Waals surface area contributed by atoms with Crippen LogP contribution in [0.15, 0.2) is 17.6 Å². The lowest BCUT2D eigenvalue weighted by atomic mass is 10.2. The van der Waals surface area contributed by atoms with E-state index in [1.807, 2.05) is 4.90 Å². The molecule has 2 unspecified atom stereocenters. The normalized spacial score (nSPS) is 27.8. The van der Waals surface area contributed by atoms with Crippen LogP contribution in [0.5, 0.6) is 0 Å². The molecule has 7 nitrogen and oxygen atoms in total. The third kappa shape index (κ3) is 4.10. The number of carboxylic acids is 1.